The molecule has 7 heteroatoms. The van der Waals surface area contributed by atoms with Crippen LogP contribution in [-0.4, -0.2) is 24.9 Å². The van der Waals surface area contributed by atoms with Crippen LogP contribution < -0.4 is 0 Å². The van der Waals surface area contributed by atoms with E-state index in [9.17, 15) is 4.39 Å². The molecule has 0 fully saturated rings. The standard InChI is InChI=1S/C17H10FN5S/c18-11-5-6-14(21-9-11)17-23-15(10-24-17)12-3-1-4-13(22-12)16-19-7-2-8-20-16/h1-10H. The lowest BCUT2D eigenvalue weighted by atomic mass is 10.2. The number of hydrogen-bond acceptors (Lipinski definition) is 6. The number of nitrogens with zero attached hydrogens (tertiary/aromatic N) is 5. The highest BCUT2D eigenvalue weighted by Gasteiger charge is 2.10. The Labute approximate surface area is 141 Å². The van der Waals surface area contributed by atoms with Gasteiger partial charge in [0.2, 0.25) is 0 Å². The number of halogens is 1. The molecular weight excluding hydrogens is 325 g/mol. The average Bonchev–Trinajstić information content (AvgIpc) is 3.13. The fraction of sp³-hybridized carbons (Fsp3) is 0. The smallest absolute Gasteiger partial charge is 0.178 e. The van der Waals surface area contributed by atoms with E-state index in [0.717, 1.165) is 11.4 Å². The summed E-state index contributed by atoms with van der Waals surface area (Å²) < 4.78 is 13.0. The van der Waals surface area contributed by atoms with Gasteiger partial charge in [0, 0.05) is 17.8 Å². The fourth-order valence-corrected chi connectivity index (χ4v) is 2.93. The molecule has 116 valence electrons. The van der Waals surface area contributed by atoms with Gasteiger partial charge in [0.1, 0.15) is 22.2 Å². The second-order valence-electron chi connectivity index (χ2n) is 4.88. The van der Waals surface area contributed by atoms with Crippen LogP contribution in [0.4, 0.5) is 4.39 Å². The van der Waals surface area contributed by atoms with Gasteiger partial charge in [-0.3, -0.25) is 4.98 Å². The number of pyridine rings is 2. The molecule has 0 aliphatic heterocycles. The molecule has 0 saturated heterocycles. The summed E-state index contributed by atoms with van der Waals surface area (Å²) in [5, 5.41) is 2.62. The topological polar surface area (TPSA) is 64.5 Å². The maximum absolute atomic E-state index is 13.0. The van der Waals surface area contributed by atoms with Crippen LogP contribution in [0.3, 0.4) is 0 Å². The zero-order valence-electron chi connectivity index (χ0n) is 12.3. The lowest BCUT2D eigenvalue weighted by Gasteiger charge is -2.01. The number of hydrogen-bond donors (Lipinski definition) is 0. The number of rotatable bonds is 3. The summed E-state index contributed by atoms with van der Waals surface area (Å²) in [6, 6.07) is 10.4. The number of thiazole rings is 1. The molecule has 0 N–H and O–H groups in total. The van der Waals surface area contributed by atoms with Gasteiger partial charge in [-0.2, -0.15) is 0 Å². The third kappa shape index (κ3) is 2.89. The normalized spacial score (nSPS) is 10.7. The molecule has 0 bridgehead atoms. The Morgan fingerprint density at radius 2 is 1.58 bits per heavy atom. The minimum Gasteiger partial charge on any atom is -0.251 e. The molecule has 4 aromatic heterocycles. The van der Waals surface area contributed by atoms with Crippen LogP contribution in [0, 0.1) is 5.82 Å². The molecule has 0 spiro atoms. The Balaban J connectivity index is 1.69. The molecule has 0 unspecified atom stereocenters. The van der Waals surface area contributed by atoms with Crippen molar-refractivity contribution in [2.75, 3.05) is 0 Å². The van der Waals surface area contributed by atoms with E-state index in [1.54, 1.807) is 24.5 Å². The largest absolute Gasteiger partial charge is 0.251 e. The van der Waals surface area contributed by atoms with E-state index in [0.29, 0.717) is 22.2 Å². The Hall–Kier alpha value is -3.06. The van der Waals surface area contributed by atoms with E-state index in [-0.39, 0.29) is 5.82 Å². The summed E-state index contributed by atoms with van der Waals surface area (Å²) in [6.07, 6.45) is 4.54. The average molecular weight is 335 g/mol. The second-order valence-corrected chi connectivity index (χ2v) is 5.74. The molecule has 0 saturated carbocycles. The highest BCUT2D eigenvalue weighted by molar-refractivity contribution is 7.13. The van der Waals surface area contributed by atoms with Crippen molar-refractivity contribution in [3.8, 4) is 33.6 Å². The second kappa shape index (κ2) is 6.21. The van der Waals surface area contributed by atoms with E-state index in [2.05, 4.69) is 24.9 Å². The quantitative estimate of drug-likeness (QED) is 0.569. The lowest BCUT2D eigenvalue weighted by molar-refractivity contribution is 0.622. The van der Waals surface area contributed by atoms with Crippen molar-refractivity contribution in [1.82, 2.24) is 24.9 Å². The highest BCUT2D eigenvalue weighted by Crippen LogP contribution is 2.27. The highest BCUT2D eigenvalue weighted by atomic mass is 32.1. The van der Waals surface area contributed by atoms with Crippen LogP contribution in [-0.2, 0) is 0 Å². The first-order valence-corrected chi connectivity index (χ1v) is 8.00. The van der Waals surface area contributed by atoms with Gasteiger partial charge in [-0.1, -0.05) is 6.07 Å². The lowest BCUT2D eigenvalue weighted by Crippen LogP contribution is -1.92. The third-order valence-electron chi connectivity index (χ3n) is 3.26. The molecule has 4 heterocycles. The van der Waals surface area contributed by atoms with Gasteiger partial charge < -0.3 is 0 Å². The predicted octanol–water partition coefficient (Wildman–Crippen LogP) is 3.86. The van der Waals surface area contributed by atoms with Crippen LogP contribution in [0.1, 0.15) is 0 Å². The van der Waals surface area contributed by atoms with Crippen molar-refractivity contribution in [2.45, 2.75) is 0 Å². The van der Waals surface area contributed by atoms with Crippen molar-refractivity contribution in [1.29, 1.82) is 0 Å². The first kappa shape index (κ1) is 14.5. The van der Waals surface area contributed by atoms with Gasteiger partial charge in [-0.15, -0.1) is 11.3 Å². The zero-order chi connectivity index (χ0) is 16.4. The first-order valence-electron chi connectivity index (χ1n) is 7.12. The Morgan fingerprint density at radius 3 is 2.38 bits per heavy atom. The molecule has 0 aliphatic rings. The Kier molecular flexibility index (Phi) is 3.76. The number of aromatic nitrogens is 5. The van der Waals surface area contributed by atoms with Crippen LogP contribution >= 0.6 is 11.3 Å². The van der Waals surface area contributed by atoms with Gasteiger partial charge >= 0.3 is 0 Å². The monoisotopic (exact) mass is 335 g/mol. The van der Waals surface area contributed by atoms with Gasteiger partial charge in [-0.25, -0.2) is 24.3 Å². The predicted molar refractivity (Wildman–Crippen MR) is 89.6 cm³/mol. The van der Waals surface area contributed by atoms with Crippen molar-refractivity contribution in [3.63, 3.8) is 0 Å². The van der Waals surface area contributed by atoms with Crippen molar-refractivity contribution in [3.05, 3.63) is 66.2 Å². The molecular formula is C17H10FN5S. The van der Waals surface area contributed by atoms with Crippen LogP contribution in [0.2, 0.25) is 0 Å². The minimum atomic E-state index is -0.368. The van der Waals surface area contributed by atoms with Crippen molar-refractivity contribution >= 4 is 11.3 Å². The minimum absolute atomic E-state index is 0.368. The van der Waals surface area contributed by atoms with E-state index >= 15 is 0 Å². The summed E-state index contributed by atoms with van der Waals surface area (Å²) in [5.74, 6) is 0.197. The summed E-state index contributed by atoms with van der Waals surface area (Å²) in [7, 11) is 0. The van der Waals surface area contributed by atoms with Gasteiger partial charge in [0.15, 0.2) is 5.82 Å². The van der Waals surface area contributed by atoms with Gasteiger partial charge in [0.25, 0.3) is 0 Å². The molecule has 0 radical (unpaired) electrons. The van der Waals surface area contributed by atoms with Crippen molar-refractivity contribution < 1.29 is 4.39 Å². The zero-order valence-corrected chi connectivity index (χ0v) is 13.1. The molecule has 24 heavy (non-hydrogen) atoms. The van der Waals surface area contributed by atoms with Crippen LogP contribution in [0.25, 0.3) is 33.6 Å². The fourth-order valence-electron chi connectivity index (χ4n) is 2.14. The molecule has 0 aromatic carbocycles. The molecule has 4 rings (SSSR count). The van der Waals surface area contributed by atoms with Gasteiger partial charge in [0.05, 0.1) is 17.6 Å². The van der Waals surface area contributed by atoms with Crippen molar-refractivity contribution in [2.24, 2.45) is 0 Å². The Morgan fingerprint density at radius 1 is 0.750 bits per heavy atom. The van der Waals surface area contributed by atoms with E-state index in [1.807, 2.05) is 23.6 Å². The molecule has 0 amide bonds. The van der Waals surface area contributed by atoms with E-state index in [4.69, 9.17) is 0 Å². The van der Waals surface area contributed by atoms with Crippen LogP contribution in [0.15, 0.2) is 60.4 Å². The molecule has 0 aliphatic carbocycles. The summed E-state index contributed by atoms with van der Waals surface area (Å²) in [6.45, 7) is 0. The van der Waals surface area contributed by atoms with Crippen LogP contribution in [0.5, 0.6) is 0 Å². The maximum atomic E-state index is 13.0. The molecule has 5 nitrogen and oxygen atoms in total. The maximum Gasteiger partial charge on any atom is 0.178 e. The third-order valence-corrected chi connectivity index (χ3v) is 4.12. The molecule has 0 atom stereocenters. The van der Waals surface area contributed by atoms with Gasteiger partial charge in [-0.05, 0) is 30.3 Å². The SMILES string of the molecule is Fc1ccc(-c2nc(-c3cccc(-c4ncccn4)n3)cs2)nc1. The summed E-state index contributed by atoms with van der Waals surface area (Å²) in [5.41, 5.74) is 2.78. The first-order chi connectivity index (χ1) is 11.8. The Bertz CT molecular complexity index is 970. The van der Waals surface area contributed by atoms with E-state index in [1.165, 1.54) is 23.6 Å². The van der Waals surface area contributed by atoms with E-state index < -0.39 is 0 Å². The summed E-state index contributed by atoms with van der Waals surface area (Å²) in [4.78, 5) is 21.6. The molecule has 4 aromatic rings. The summed E-state index contributed by atoms with van der Waals surface area (Å²) >= 11 is 1.44.